The summed E-state index contributed by atoms with van der Waals surface area (Å²) in [4.78, 5) is 21.0. The number of guanidine groups is 1. The first kappa shape index (κ1) is 22.7. The number of carbonyl (C=O) groups excluding carboxylic acids is 1. The number of ether oxygens (including phenoxy) is 1. The molecular weight excluding hydrogens is 358 g/mol. The van der Waals surface area contributed by atoms with Gasteiger partial charge in [-0.05, 0) is 53.4 Å². The van der Waals surface area contributed by atoms with Crippen LogP contribution < -0.4 is 10.6 Å². The lowest BCUT2D eigenvalue weighted by Gasteiger charge is -2.35. The van der Waals surface area contributed by atoms with E-state index in [1.165, 1.54) is 0 Å². The number of hydrogen-bond acceptors (Lipinski definition) is 5. The zero-order chi connectivity index (χ0) is 20.6. The number of piperazine rings is 1. The Morgan fingerprint density at radius 1 is 1.14 bits per heavy atom. The van der Waals surface area contributed by atoms with Crippen LogP contribution in [0.2, 0.25) is 0 Å². The zero-order valence-electron chi connectivity index (χ0n) is 18.0. The number of nitrogens with zero attached hydrogens (tertiary/aromatic N) is 3. The number of nitrogens with one attached hydrogen (secondary N) is 2. The van der Waals surface area contributed by atoms with E-state index in [0.717, 1.165) is 64.4 Å². The van der Waals surface area contributed by atoms with Gasteiger partial charge >= 0.3 is 6.09 Å². The minimum absolute atomic E-state index is 0.142. The second-order valence-electron chi connectivity index (χ2n) is 8.72. The third kappa shape index (κ3) is 8.22. The van der Waals surface area contributed by atoms with Crippen molar-refractivity contribution in [2.75, 3.05) is 45.8 Å². The number of rotatable bonds is 5. The van der Waals surface area contributed by atoms with Crippen molar-refractivity contribution in [3.8, 4) is 0 Å². The van der Waals surface area contributed by atoms with Crippen molar-refractivity contribution in [1.82, 2.24) is 20.4 Å². The molecule has 1 amide bonds. The van der Waals surface area contributed by atoms with E-state index >= 15 is 0 Å². The fourth-order valence-electron chi connectivity index (χ4n) is 3.52. The van der Waals surface area contributed by atoms with Gasteiger partial charge in [-0.2, -0.15) is 0 Å². The van der Waals surface area contributed by atoms with Crippen molar-refractivity contribution < 1.29 is 14.6 Å². The van der Waals surface area contributed by atoms with Crippen molar-refractivity contribution in [1.29, 1.82) is 0 Å². The largest absolute Gasteiger partial charge is 0.444 e. The lowest BCUT2D eigenvalue weighted by atomic mass is 9.93. The van der Waals surface area contributed by atoms with Gasteiger partial charge in [-0.25, -0.2) is 4.79 Å². The van der Waals surface area contributed by atoms with Crippen LogP contribution >= 0.6 is 0 Å². The molecule has 3 N–H and O–H groups in total. The molecule has 8 heteroatoms. The summed E-state index contributed by atoms with van der Waals surface area (Å²) < 4.78 is 5.45. The van der Waals surface area contributed by atoms with Crippen LogP contribution in [0.3, 0.4) is 0 Å². The highest BCUT2D eigenvalue weighted by atomic mass is 16.6. The first-order valence-corrected chi connectivity index (χ1v) is 10.7. The van der Waals surface area contributed by atoms with Gasteiger partial charge in [0.2, 0.25) is 0 Å². The Hall–Kier alpha value is -1.54. The van der Waals surface area contributed by atoms with E-state index in [0.29, 0.717) is 19.1 Å². The van der Waals surface area contributed by atoms with Crippen LogP contribution in [0.25, 0.3) is 0 Å². The quantitative estimate of drug-likeness (QED) is 0.480. The van der Waals surface area contributed by atoms with Crippen molar-refractivity contribution in [2.45, 2.75) is 71.1 Å². The third-order valence-corrected chi connectivity index (χ3v) is 5.09. The highest BCUT2D eigenvalue weighted by molar-refractivity contribution is 5.80. The standard InChI is InChI=1S/C20H39N5O3/c1-5-21-18(23-16-6-8-17(26)9-7-16)22-10-11-24-12-14-25(15-13-24)19(27)28-20(2,3)4/h16-17,26H,5-15H2,1-4H3,(H2,21,22,23). The molecule has 0 unspecified atom stereocenters. The van der Waals surface area contributed by atoms with Crippen molar-refractivity contribution in [2.24, 2.45) is 4.99 Å². The molecule has 0 radical (unpaired) electrons. The molecule has 28 heavy (non-hydrogen) atoms. The Morgan fingerprint density at radius 2 is 1.79 bits per heavy atom. The summed E-state index contributed by atoms with van der Waals surface area (Å²) in [6.07, 6.45) is 3.33. The molecule has 0 atom stereocenters. The molecule has 0 aromatic rings. The lowest BCUT2D eigenvalue weighted by molar-refractivity contribution is 0.0148. The summed E-state index contributed by atoms with van der Waals surface area (Å²) in [5.41, 5.74) is -0.449. The van der Waals surface area contributed by atoms with E-state index in [-0.39, 0.29) is 12.2 Å². The smallest absolute Gasteiger partial charge is 0.410 e. The van der Waals surface area contributed by atoms with Gasteiger partial charge < -0.3 is 25.4 Å². The molecule has 1 aliphatic carbocycles. The highest BCUT2D eigenvalue weighted by Gasteiger charge is 2.25. The summed E-state index contributed by atoms with van der Waals surface area (Å²) in [6.45, 7) is 13.3. The SMILES string of the molecule is CCNC(=NCCN1CCN(C(=O)OC(C)(C)C)CC1)NC1CCC(O)CC1. The van der Waals surface area contributed by atoms with Gasteiger partial charge in [0.15, 0.2) is 5.96 Å². The number of amides is 1. The van der Waals surface area contributed by atoms with Gasteiger partial charge in [0, 0.05) is 45.3 Å². The van der Waals surface area contributed by atoms with Crippen LogP contribution in [0.15, 0.2) is 4.99 Å². The topological polar surface area (TPSA) is 89.4 Å². The summed E-state index contributed by atoms with van der Waals surface area (Å²) >= 11 is 0. The molecule has 2 aliphatic rings. The van der Waals surface area contributed by atoms with E-state index < -0.39 is 5.60 Å². The monoisotopic (exact) mass is 397 g/mol. The van der Waals surface area contributed by atoms with Gasteiger partial charge in [0.1, 0.15) is 5.60 Å². The highest BCUT2D eigenvalue weighted by Crippen LogP contribution is 2.18. The molecule has 2 fully saturated rings. The summed E-state index contributed by atoms with van der Waals surface area (Å²) in [5.74, 6) is 0.858. The maximum Gasteiger partial charge on any atom is 0.410 e. The van der Waals surface area contributed by atoms with E-state index in [9.17, 15) is 9.90 Å². The number of aliphatic hydroxyl groups excluding tert-OH is 1. The van der Waals surface area contributed by atoms with Crippen LogP contribution in [0.1, 0.15) is 53.4 Å². The van der Waals surface area contributed by atoms with Crippen LogP contribution in [0, 0.1) is 0 Å². The Morgan fingerprint density at radius 3 is 2.36 bits per heavy atom. The van der Waals surface area contributed by atoms with Gasteiger partial charge in [-0.1, -0.05) is 0 Å². The fourth-order valence-corrected chi connectivity index (χ4v) is 3.52. The molecule has 1 heterocycles. The normalized spacial score (nSPS) is 24.8. The first-order chi connectivity index (χ1) is 13.3. The Labute approximate surface area is 169 Å². The fraction of sp³-hybridized carbons (Fsp3) is 0.900. The van der Waals surface area contributed by atoms with Crippen molar-refractivity contribution in [3.63, 3.8) is 0 Å². The van der Waals surface area contributed by atoms with Gasteiger partial charge in [-0.3, -0.25) is 9.89 Å². The number of aliphatic hydroxyl groups is 1. The summed E-state index contributed by atoms with van der Waals surface area (Å²) in [6, 6.07) is 0.388. The van der Waals surface area contributed by atoms with E-state index in [1.807, 2.05) is 20.8 Å². The van der Waals surface area contributed by atoms with Crippen LogP contribution in [0.5, 0.6) is 0 Å². The number of aliphatic imine (C=N–C) groups is 1. The average Bonchev–Trinajstić information content (AvgIpc) is 2.63. The van der Waals surface area contributed by atoms with E-state index in [1.54, 1.807) is 4.90 Å². The number of hydrogen-bond donors (Lipinski definition) is 3. The summed E-state index contributed by atoms with van der Waals surface area (Å²) in [5, 5.41) is 16.5. The van der Waals surface area contributed by atoms with Crippen LogP contribution in [-0.2, 0) is 4.74 Å². The van der Waals surface area contributed by atoms with Crippen molar-refractivity contribution in [3.05, 3.63) is 0 Å². The van der Waals surface area contributed by atoms with Gasteiger partial charge in [-0.15, -0.1) is 0 Å². The molecule has 1 saturated heterocycles. The number of carbonyl (C=O) groups is 1. The molecule has 162 valence electrons. The molecule has 2 rings (SSSR count). The molecule has 8 nitrogen and oxygen atoms in total. The Bertz CT molecular complexity index is 504. The molecule has 0 bridgehead atoms. The molecule has 1 saturated carbocycles. The van der Waals surface area contributed by atoms with Crippen molar-refractivity contribution >= 4 is 12.1 Å². The molecule has 0 aromatic heterocycles. The predicted molar refractivity (Wildman–Crippen MR) is 112 cm³/mol. The second kappa shape index (κ2) is 10.9. The second-order valence-corrected chi connectivity index (χ2v) is 8.72. The lowest BCUT2D eigenvalue weighted by Crippen LogP contribution is -2.50. The predicted octanol–water partition coefficient (Wildman–Crippen LogP) is 1.40. The molecule has 1 aliphatic heterocycles. The van der Waals surface area contributed by atoms with Crippen LogP contribution in [-0.4, -0.2) is 90.5 Å². The summed E-state index contributed by atoms with van der Waals surface area (Å²) in [7, 11) is 0. The first-order valence-electron chi connectivity index (χ1n) is 10.7. The van der Waals surface area contributed by atoms with Crippen LogP contribution in [0.4, 0.5) is 4.79 Å². The Kier molecular flexibility index (Phi) is 8.82. The molecule has 0 spiro atoms. The van der Waals surface area contributed by atoms with E-state index in [2.05, 4.69) is 22.5 Å². The maximum absolute atomic E-state index is 12.1. The minimum atomic E-state index is -0.449. The average molecular weight is 398 g/mol. The maximum atomic E-state index is 12.1. The van der Waals surface area contributed by atoms with Gasteiger partial charge in [0.05, 0.1) is 12.6 Å². The Balaban J connectivity index is 1.71. The molecular formula is C20H39N5O3. The van der Waals surface area contributed by atoms with E-state index in [4.69, 9.17) is 9.73 Å². The third-order valence-electron chi connectivity index (χ3n) is 5.09. The zero-order valence-corrected chi connectivity index (χ0v) is 18.0. The minimum Gasteiger partial charge on any atom is -0.444 e. The van der Waals surface area contributed by atoms with Gasteiger partial charge in [0.25, 0.3) is 0 Å². The molecule has 0 aromatic carbocycles.